The molecule has 0 spiro atoms. The largest absolute Gasteiger partial charge is 0.456 e. The van der Waals surface area contributed by atoms with Crippen molar-refractivity contribution in [1.29, 1.82) is 0 Å². The fraction of sp³-hybridized carbons (Fsp3) is 0.452. The number of fused-ring (bicyclic) bond motifs is 5. The van der Waals surface area contributed by atoms with Crippen LogP contribution < -0.4 is 25.7 Å². The fourth-order valence-electron chi connectivity index (χ4n) is 8.77. The molecule has 5 aromatic rings. The Balaban J connectivity index is 1.03. The van der Waals surface area contributed by atoms with E-state index in [1.54, 1.807) is 10.8 Å². The van der Waals surface area contributed by atoms with E-state index in [4.69, 9.17) is 9.15 Å². The van der Waals surface area contributed by atoms with Gasteiger partial charge in [0.2, 0.25) is 11.3 Å². The van der Waals surface area contributed by atoms with Crippen molar-refractivity contribution < 1.29 is 23.1 Å². The molecule has 13 heteroatoms. The molecule has 2 N–H and O–H groups in total. The maximum Gasteiger partial charge on any atom is 0.256 e. The molecule has 0 bridgehead atoms. The van der Waals surface area contributed by atoms with Crippen molar-refractivity contribution in [2.75, 3.05) is 83.9 Å². The Morgan fingerprint density at radius 1 is 0.891 bits per heavy atom. The number of para-hydroxylation sites is 1. The highest BCUT2D eigenvalue weighted by Gasteiger charge is 2.34. The van der Waals surface area contributed by atoms with Crippen LogP contribution >= 0.6 is 0 Å². The average Bonchev–Trinajstić information content (AvgIpc) is 3.80. The van der Waals surface area contributed by atoms with E-state index in [1.165, 1.54) is 25.3 Å². The number of benzene rings is 3. The summed E-state index contributed by atoms with van der Waals surface area (Å²) in [5.74, 6) is -0.465. The monoisotopic (exact) mass is 749 g/mol. The summed E-state index contributed by atoms with van der Waals surface area (Å²) in [7, 11) is 2.12. The molecule has 3 saturated heterocycles. The topological polar surface area (TPSA) is 116 Å². The number of ether oxygens (including phenoxy) is 1. The van der Waals surface area contributed by atoms with E-state index in [1.807, 2.05) is 41.3 Å². The molecule has 0 aliphatic carbocycles. The van der Waals surface area contributed by atoms with E-state index < -0.39 is 17.2 Å². The molecular weight excluding hydrogens is 702 g/mol. The molecule has 9 rings (SSSR count). The predicted octanol–water partition coefficient (Wildman–Crippen LogP) is 5.07. The first-order valence-electron chi connectivity index (χ1n) is 19.8. The normalized spacial score (nSPS) is 19.2. The number of likely N-dealkylation sites (N-methyl/N-ethyl adjacent to an activating group) is 1. The zero-order valence-corrected chi connectivity index (χ0v) is 31.4. The van der Waals surface area contributed by atoms with Crippen LogP contribution in [0, 0.1) is 5.82 Å². The number of anilines is 1. The molecule has 4 aliphatic rings. The van der Waals surface area contributed by atoms with Gasteiger partial charge in [-0.25, -0.2) is 4.39 Å². The number of nitrogens with one attached hydrogen (secondary N) is 2. The Hall–Kier alpha value is -4.98. The van der Waals surface area contributed by atoms with Gasteiger partial charge in [-0.1, -0.05) is 24.6 Å². The Labute approximate surface area is 318 Å². The molecule has 2 aromatic heterocycles. The number of furan rings is 1. The van der Waals surface area contributed by atoms with Crippen molar-refractivity contribution in [2.24, 2.45) is 0 Å². The van der Waals surface area contributed by atoms with Crippen molar-refractivity contribution in [3.05, 3.63) is 70.3 Å². The smallest absolute Gasteiger partial charge is 0.256 e. The van der Waals surface area contributed by atoms with Gasteiger partial charge in [0.25, 0.3) is 5.91 Å². The van der Waals surface area contributed by atoms with Crippen LogP contribution in [0.5, 0.6) is 11.5 Å². The Kier molecular flexibility index (Phi) is 9.69. The van der Waals surface area contributed by atoms with Crippen molar-refractivity contribution in [3.63, 3.8) is 0 Å². The zero-order valence-electron chi connectivity index (χ0n) is 31.4. The van der Waals surface area contributed by atoms with E-state index >= 15 is 4.39 Å². The highest BCUT2D eigenvalue weighted by molar-refractivity contribution is 6.07. The number of hydrogen-bond acceptors (Lipinski definition) is 9. The molecule has 4 aliphatic heterocycles. The summed E-state index contributed by atoms with van der Waals surface area (Å²) in [4.78, 5) is 49.7. The predicted molar refractivity (Wildman–Crippen MR) is 211 cm³/mol. The number of carbonyl (C=O) groups is 2. The molecule has 3 aromatic carbocycles. The molecule has 3 fully saturated rings. The second-order valence-corrected chi connectivity index (χ2v) is 15.6. The Morgan fingerprint density at radius 2 is 1.69 bits per heavy atom. The van der Waals surface area contributed by atoms with Gasteiger partial charge in [0, 0.05) is 87.9 Å². The summed E-state index contributed by atoms with van der Waals surface area (Å²) in [5, 5.41) is 7.92. The third kappa shape index (κ3) is 6.93. The lowest BCUT2D eigenvalue weighted by Crippen LogP contribution is -2.45. The van der Waals surface area contributed by atoms with E-state index in [9.17, 15) is 14.4 Å². The molecule has 1 atom stereocenters. The molecule has 6 heterocycles. The highest BCUT2D eigenvalue weighted by Crippen LogP contribution is 2.49. The number of carbonyl (C=O) groups excluding carboxylic acids is 2. The summed E-state index contributed by atoms with van der Waals surface area (Å²) in [5.41, 5.74) is 1.88. The van der Waals surface area contributed by atoms with Crippen LogP contribution in [0.15, 0.2) is 57.9 Å². The van der Waals surface area contributed by atoms with Gasteiger partial charge in [0.15, 0.2) is 17.3 Å². The summed E-state index contributed by atoms with van der Waals surface area (Å²) in [6.45, 7) is 8.97. The number of rotatable bonds is 10. The van der Waals surface area contributed by atoms with Crippen LogP contribution in [0.1, 0.15) is 48.9 Å². The van der Waals surface area contributed by atoms with Gasteiger partial charge in [0.05, 0.1) is 11.1 Å². The number of amides is 2. The van der Waals surface area contributed by atoms with Gasteiger partial charge in [-0.3, -0.25) is 14.4 Å². The second-order valence-electron chi connectivity index (χ2n) is 15.6. The van der Waals surface area contributed by atoms with Crippen LogP contribution in [-0.2, 0) is 4.79 Å². The van der Waals surface area contributed by atoms with Crippen molar-refractivity contribution in [3.8, 4) is 17.2 Å². The van der Waals surface area contributed by atoms with Crippen LogP contribution in [0.4, 0.5) is 10.1 Å². The fourth-order valence-corrected chi connectivity index (χ4v) is 8.77. The van der Waals surface area contributed by atoms with Crippen LogP contribution in [0.3, 0.4) is 0 Å². The summed E-state index contributed by atoms with van der Waals surface area (Å²) in [6.07, 6.45) is 6.97. The first-order chi connectivity index (χ1) is 26.8. The van der Waals surface area contributed by atoms with Crippen molar-refractivity contribution in [1.82, 2.24) is 29.9 Å². The van der Waals surface area contributed by atoms with Crippen LogP contribution in [0.2, 0.25) is 0 Å². The average molecular weight is 750 g/mol. The van der Waals surface area contributed by atoms with Gasteiger partial charge in [-0.05, 0) is 70.6 Å². The minimum atomic E-state index is -0.619. The van der Waals surface area contributed by atoms with Crippen molar-refractivity contribution >= 4 is 50.3 Å². The van der Waals surface area contributed by atoms with Crippen LogP contribution in [-0.4, -0.2) is 116 Å². The van der Waals surface area contributed by atoms with Gasteiger partial charge < -0.3 is 44.0 Å². The molecule has 12 nitrogen and oxygen atoms in total. The zero-order chi connectivity index (χ0) is 37.6. The maximum absolute atomic E-state index is 16.6. The van der Waals surface area contributed by atoms with Gasteiger partial charge in [-0.2, -0.15) is 0 Å². The van der Waals surface area contributed by atoms with E-state index in [0.29, 0.717) is 60.6 Å². The minimum Gasteiger partial charge on any atom is -0.456 e. The second kappa shape index (κ2) is 14.9. The number of pyridine rings is 1. The molecule has 0 unspecified atom stereocenters. The number of nitrogens with zero attached hydrogens (tertiary/aromatic N) is 5. The van der Waals surface area contributed by atoms with Crippen LogP contribution in [0.25, 0.3) is 38.5 Å². The lowest BCUT2D eigenvalue weighted by Gasteiger charge is -2.32. The van der Waals surface area contributed by atoms with E-state index in [-0.39, 0.29) is 34.3 Å². The number of piperidine rings is 1. The number of piperazine rings is 1. The highest BCUT2D eigenvalue weighted by atomic mass is 19.1. The summed E-state index contributed by atoms with van der Waals surface area (Å²) < 4.78 is 31.2. The minimum absolute atomic E-state index is 0.00162. The Bertz CT molecular complexity index is 2340. The summed E-state index contributed by atoms with van der Waals surface area (Å²) >= 11 is 0. The molecule has 288 valence electrons. The van der Waals surface area contributed by atoms with Gasteiger partial charge in [-0.15, -0.1) is 0 Å². The van der Waals surface area contributed by atoms with E-state index in [2.05, 4.69) is 32.4 Å². The molecule has 55 heavy (non-hydrogen) atoms. The standard InChI is InChI=1S/C42H48FN7O5/c1-46-18-20-48(21-19-46)15-7-12-44-42(53)31-26-50-33-24-35-29(28-8-3-4-9-34(28)54-35)23-36(33)55-41-38(50)30(40(31)52)22-32(43)39(41)49-17-10-27(25-49)45-37(51)11-16-47-13-5-2-6-14-47/h3-4,8-9,22-24,26-27H,2,5-7,10-21,25H2,1H3,(H,44,53)(H,45,51)/t27-/m1/s1. The Morgan fingerprint density at radius 3 is 2.53 bits per heavy atom. The molecule has 0 radical (unpaired) electrons. The number of likely N-dealkylation sites (tertiary alicyclic amines) is 1. The lowest BCUT2D eigenvalue weighted by molar-refractivity contribution is -0.122. The molecular formula is C42H48FN7O5. The third-order valence-corrected chi connectivity index (χ3v) is 11.9. The SMILES string of the molecule is CN1CCN(CCCNC(=O)c2cn3c4c(c(N5CC[C@@H](NC(=O)CCN6CCCCC6)C5)c(F)cc4c2=O)Oc2cc4c(cc2-3)oc2ccccc24)CC1. The third-order valence-electron chi connectivity index (χ3n) is 11.9. The lowest BCUT2D eigenvalue weighted by atomic mass is 10.0. The number of aromatic nitrogens is 1. The van der Waals surface area contributed by atoms with Crippen molar-refractivity contribution in [2.45, 2.75) is 44.6 Å². The number of halogens is 1. The van der Waals surface area contributed by atoms with Gasteiger partial charge >= 0.3 is 0 Å². The summed E-state index contributed by atoms with van der Waals surface area (Å²) in [6, 6.07) is 12.5. The first kappa shape index (κ1) is 35.7. The quantitative estimate of drug-likeness (QED) is 0.185. The number of hydrogen-bond donors (Lipinski definition) is 2. The molecule has 0 saturated carbocycles. The van der Waals surface area contributed by atoms with Gasteiger partial charge in [0.1, 0.15) is 27.9 Å². The maximum atomic E-state index is 16.6. The van der Waals surface area contributed by atoms with E-state index in [0.717, 1.165) is 69.6 Å². The molecule has 2 amide bonds. The first-order valence-corrected chi connectivity index (χ1v) is 19.8.